The van der Waals surface area contributed by atoms with Gasteiger partial charge in [0.05, 0.1) is 11.3 Å². The largest absolute Gasteiger partial charge is 0.379 e. The summed E-state index contributed by atoms with van der Waals surface area (Å²) in [5, 5.41) is 12.5. The van der Waals surface area contributed by atoms with E-state index in [-0.39, 0.29) is 11.9 Å². The van der Waals surface area contributed by atoms with Crippen molar-refractivity contribution in [1.82, 2.24) is 4.90 Å². The zero-order valence-electron chi connectivity index (χ0n) is 10.8. The summed E-state index contributed by atoms with van der Waals surface area (Å²) >= 11 is 3.36. The molecule has 0 unspecified atom stereocenters. The molecule has 0 aliphatic carbocycles. The van der Waals surface area contributed by atoms with Crippen LogP contribution >= 0.6 is 15.9 Å². The first-order valence-corrected chi connectivity index (χ1v) is 7.17. The number of halogens is 1. The van der Waals surface area contributed by atoms with E-state index in [1.807, 2.05) is 24.0 Å². The van der Waals surface area contributed by atoms with Crippen LogP contribution in [0, 0.1) is 11.3 Å². The maximum absolute atomic E-state index is 11.6. The fraction of sp³-hybridized carbons (Fsp3) is 0.429. The van der Waals surface area contributed by atoms with Gasteiger partial charge in [0, 0.05) is 30.0 Å². The van der Waals surface area contributed by atoms with Crippen LogP contribution in [0.25, 0.3) is 0 Å². The number of benzene rings is 1. The Labute approximate surface area is 121 Å². The molecule has 0 saturated carbocycles. The Bertz CT molecular complexity index is 524. The van der Waals surface area contributed by atoms with E-state index in [4.69, 9.17) is 5.26 Å². The molecular weight excluding hydrogens is 306 g/mol. The van der Waals surface area contributed by atoms with Crippen LogP contribution in [0.5, 0.6) is 0 Å². The molecule has 1 saturated heterocycles. The molecule has 1 atom stereocenters. The quantitative estimate of drug-likeness (QED) is 0.931. The smallest absolute Gasteiger partial charge is 0.222 e. The van der Waals surface area contributed by atoms with Crippen LogP contribution in [0.4, 0.5) is 5.69 Å². The molecule has 2 rings (SSSR count). The van der Waals surface area contributed by atoms with Crippen molar-refractivity contribution in [3.63, 3.8) is 0 Å². The summed E-state index contributed by atoms with van der Waals surface area (Å²) in [7, 11) is 0. The zero-order chi connectivity index (χ0) is 13.8. The standard InChI is InChI=1S/C14H16BrN3O/c1-2-14(19)18-6-5-12(9-18)17-13-4-3-11(15)7-10(13)8-16/h3-4,7,12,17H,2,5-6,9H2,1H3/t12-/m0/s1. The van der Waals surface area contributed by atoms with Crippen LogP contribution in [0.1, 0.15) is 25.3 Å². The number of carbonyl (C=O) groups is 1. The molecule has 1 aromatic carbocycles. The molecule has 1 aromatic rings. The molecule has 0 bridgehead atoms. The fourth-order valence-electron chi connectivity index (χ4n) is 2.28. The van der Waals surface area contributed by atoms with Crippen LogP contribution < -0.4 is 5.32 Å². The Morgan fingerprint density at radius 1 is 1.63 bits per heavy atom. The van der Waals surface area contributed by atoms with Crippen molar-refractivity contribution in [3.05, 3.63) is 28.2 Å². The molecule has 1 fully saturated rings. The SMILES string of the molecule is CCC(=O)N1CC[C@H](Nc2ccc(Br)cc2C#N)C1. The summed E-state index contributed by atoms with van der Waals surface area (Å²) in [6.45, 7) is 3.39. The van der Waals surface area contributed by atoms with Crippen molar-refractivity contribution in [1.29, 1.82) is 5.26 Å². The molecule has 0 radical (unpaired) electrons. The molecule has 1 amide bonds. The summed E-state index contributed by atoms with van der Waals surface area (Å²) in [6.07, 6.45) is 1.47. The van der Waals surface area contributed by atoms with Gasteiger partial charge in [0.15, 0.2) is 0 Å². The Morgan fingerprint density at radius 2 is 2.42 bits per heavy atom. The van der Waals surface area contributed by atoms with Crippen LogP contribution in [-0.4, -0.2) is 29.9 Å². The number of amides is 1. The molecular formula is C14H16BrN3O. The van der Waals surface area contributed by atoms with Gasteiger partial charge in [0.25, 0.3) is 0 Å². The molecule has 1 N–H and O–H groups in total. The van der Waals surface area contributed by atoms with Crippen molar-refractivity contribution < 1.29 is 4.79 Å². The van der Waals surface area contributed by atoms with Gasteiger partial charge in [-0.05, 0) is 24.6 Å². The molecule has 1 heterocycles. The van der Waals surface area contributed by atoms with Gasteiger partial charge in [-0.1, -0.05) is 22.9 Å². The lowest BCUT2D eigenvalue weighted by Gasteiger charge is -2.17. The van der Waals surface area contributed by atoms with E-state index in [9.17, 15) is 4.79 Å². The lowest BCUT2D eigenvalue weighted by Crippen LogP contribution is -2.31. The van der Waals surface area contributed by atoms with E-state index in [1.54, 1.807) is 6.07 Å². The second-order valence-electron chi connectivity index (χ2n) is 4.62. The van der Waals surface area contributed by atoms with E-state index in [1.165, 1.54) is 0 Å². The van der Waals surface area contributed by atoms with Crippen molar-refractivity contribution in [2.24, 2.45) is 0 Å². The van der Waals surface area contributed by atoms with Gasteiger partial charge in [-0.25, -0.2) is 0 Å². The van der Waals surface area contributed by atoms with Gasteiger partial charge in [0.2, 0.25) is 5.91 Å². The number of nitrogens with zero attached hydrogens (tertiary/aromatic N) is 2. The predicted octanol–water partition coefficient (Wildman–Crippen LogP) is 2.74. The van der Waals surface area contributed by atoms with Gasteiger partial charge in [-0.15, -0.1) is 0 Å². The van der Waals surface area contributed by atoms with E-state index >= 15 is 0 Å². The molecule has 0 spiro atoms. The van der Waals surface area contributed by atoms with Crippen LogP contribution in [0.2, 0.25) is 0 Å². The molecule has 1 aliphatic rings. The highest BCUT2D eigenvalue weighted by atomic mass is 79.9. The van der Waals surface area contributed by atoms with E-state index in [0.29, 0.717) is 18.5 Å². The number of nitriles is 1. The third-order valence-corrected chi connectivity index (χ3v) is 3.80. The topological polar surface area (TPSA) is 56.1 Å². The van der Waals surface area contributed by atoms with Gasteiger partial charge >= 0.3 is 0 Å². The number of anilines is 1. The van der Waals surface area contributed by atoms with Gasteiger partial charge in [-0.3, -0.25) is 4.79 Å². The third-order valence-electron chi connectivity index (χ3n) is 3.31. The second-order valence-corrected chi connectivity index (χ2v) is 5.54. The summed E-state index contributed by atoms with van der Waals surface area (Å²) < 4.78 is 0.892. The fourth-order valence-corrected chi connectivity index (χ4v) is 2.64. The zero-order valence-corrected chi connectivity index (χ0v) is 12.4. The Kier molecular flexibility index (Phi) is 4.43. The first kappa shape index (κ1) is 13.9. The summed E-state index contributed by atoms with van der Waals surface area (Å²) in [5.74, 6) is 0.195. The highest BCUT2D eigenvalue weighted by Crippen LogP contribution is 2.23. The number of hydrogen-bond acceptors (Lipinski definition) is 3. The van der Waals surface area contributed by atoms with Gasteiger partial charge in [0.1, 0.15) is 6.07 Å². The van der Waals surface area contributed by atoms with Crippen LogP contribution in [0.3, 0.4) is 0 Å². The highest BCUT2D eigenvalue weighted by Gasteiger charge is 2.25. The van der Waals surface area contributed by atoms with Crippen molar-refractivity contribution in [2.75, 3.05) is 18.4 Å². The maximum atomic E-state index is 11.6. The predicted molar refractivity (Wildman–Crippen MR) is 77.8 cm³/mol. The van der Waals surface area contributed by atoms with E-state index in [2.05, 4.69) is 27.3 Å². The normalized spacial score (nSPS) is 18.2. The summed E-state index contributed by atoms with van der Waals surface area (Å²) in [5.41, 5.74) is 1.45. The van der Waals surface area contributed by atoms with E-state index in [0.717, 1.165) is 23.1 Å². The van der Waals surface area contributed by atoms with Crippen molar-refractivity contribution >= 4 is 27.5 Å². The molecule has 5 heteroatoms. The van der Waals surface area contributed by atoms with Gasteiger partial charge in [-0.2, -0.15) is 5.26 Å². The maximum Gasteiger partial charge on any atom is 0.222 e. The number of likely N-dealkylation sites (tertiary alicyclic amines) is 1. The molecule has 100 valence electrons. The first-order chi connectivity index (χ1) is 9.13. The molecule has 0 aromatic heterocycles. The Balaban J connectivity index is 2.04. The number of carbonyl (C=O) groups excluding carboxylic acids is 1. The van der Waals surface area contributed by atoms with E-state index < -0.39 is 0 Å². The Morgan fingerprint density at radius 3 is 3.11 bits per heavy atom. The minimum absolute atomic E-state index is 0.195. The third kappa shape index (κ3) is 3.27. The Hall–Kier alpha value is -1.54. The average molecular weight is 322 g/mol. The monoisotopic (exact) mass is 321 g/mol. The minimum atomic E-state index is 0.195. The molecule has 19 heavy (non-hydrogen) atoms. The molecule has 4 nitrogen and oxygen atoms in total. The highest BCUT2D eigenvalue weighted by molar-refractivity contribution is 9.10. The van der Waals surface area contributed by atoms with Crippen molar-refractivity contribution in [3.8, 4) is 6.07 Å². The lowest BCUT2D eigenvalue weighted by atomic mass is 10.1. The van der Waals surface area contributed by atoms with Crippen LogP contribution in [0.15, 0.2) is 22.7 Å². The average Bonchev–Trinajstić information content (AvgIpc) is 2.88. The van der Waals surface area contributed by atoms with Gasteiger partial charge < -0.3 is 10.2 Å². The lowest BCUT2D eigenvalue weighted by molar-refractivity contribution is -0.129. The minimum Gasteiger partial charge on any atom is -0.379 e. The number of hydrogen-bond donors (Lipinski definition) is 1. The number of rotatable bonds is 3. The summed E-state index contributed by atoms with van der Waals surface area (Å²) in [6, 6.07) is 8.01. The van der Waals surface area contributed by atoms with Crippen molar-refractivity contribution in [2.45, 2.75) is 25.8 Å². The summed E-state index contributed by atoms with van der Waals surface area (Å²) in [4.78, 5) is 13.5. The number of nitrogens with one attached hydrogen (secondary N) is 1. The second kappa shape index (κ2) is 6.07. The van der Waals surface area contributed by atoms with Crippen LogP contribution in [-0.2, 0) is 4.79 Å². The molecule has 1 aliphatic heterocycles. The first-order valence-electron chi connectivity index (χ1n) is 6.38.